The van der Waals surface area contributed by atoms with Gasteiger partial charge in [-0.1, -0.05) is 49.4 Å². The molecule has 0 bridgehead atoms. The molecule has 0 N–H and O–H groups in total. The van der Waals surface area contributed by atoms with E-state index >= 15 is 0 Å². The maximum Gasteiger partial charge on any atom is 0.412 e. The van der Waals surface area contributed by atoms with E-state index in [0.29, 0.717) is 0 Å². The van der Waals surface area contributed by atoms with E-state index in [9.17, 15) is 8.22 Å². The molecule has 0 fully saturated rings. The minimum atomic E-state index is -3.48. The molecule has 0 nitrogen and oxygen atoms in total. The van der Waals surface area contributed by atoms with Gasteiger partial charge in [-0.15, -0.1) is 0 Å². The zero-order valence-electron chi connectivity index (χ0n) is 9.16. The molecule has 0 radical (unpaired) electrons. The number of hydrogen-bond acceptors (Lipinski definition) is 0. The standard InChI is InChI=1S/C13H14F2Si/c1-10(9-16(14)15)12-8-4-6-11-5-2-3-7-13(11)12/h2-8,10,16H,9H2,1H3. The molecule has 0 heterocycles. The van der Waals surface area contributed by atoms with Gasteiger partial charge < -0.3 is 0 Å². The summed E-state index contributed by atoms with van der Waals surface area (Å²) in [6, 6.07) is 13.9. The van der Waals surface area contributed by atoms with Crippen molar-refractivity contribution in [3.63, 3.8) is 0 Å². The van der Waals surface area contributed by atoms with Crippen LogP contribution in [0.1, 0.15) is 18.4 Å². The lowest BCUT2D eigenvalue weighted by Gasteiger charge is -2.13. The molecule has 16 heavy (non-hydrogen) atoms. The van der Waals surface area contributed by atoms with Crippen LogP contribution in [-0.4, -0.2) is 9.46 Å². The Morgan fingerprint density at radius 1 is 1.06 bits per heavy atom. The molecule has 1 atom stereocenters. The van der Waals surface area contributed by atoms with Gasteiger partial charge in [0.25, 0.3) is 0 Å². The fourth-order valence-electron chi connectivity index (χ4n) is 2.07. The first-order valence-electron chi connectivity index (χ1n) is 5.44. The third-order valence-corrected chi connectivity index (χ3v) is 3.95. The first-order chi connectivity index (χ1) is 7.68. The van der Waals surface area contributed by atoms with Crippen LogP contribution in [0.3, 0.4) is 0 Å². The zero-order valence-corrected chi connectivity index (χ0v) is 10.3. The summed E-state index contributed by atoms with van der Waals surface area (Å²) in [6.45, 7) is 1.89. The first-order valence-corrected chi connectivity index (χ1v) is 7.13. The lowest BCUT2D eigenvalue weighted by atomic mass is 9.96. The topological polar surface area (TPSA) is 0 Å². The molecule has 0 aliphatic heterocycles. The predicted octanol–water partition coefficient (Wildman–Crippen LogP) is 4.10. The summed E-state index contributed by atoms with van der Waals surface area (Å²) in [5.41, 5.74) is 1.05. The molecule has 2 aromatic rings. The van der Waals surface area contributed by atoms with E-state index in [1.54, 1.807) is 0 Å². The van der Waals surface area contributed by atoms with Gasteiger partial charge in [0.2, 0.25) is 0 Å². The second-order valence-corrected chi connectivity index (χ2v) is 5.35. The third-order valence-electron chi connectivity index (χ3n) is 2.89. The summed E-state index contributed by atoms with van der Waals surface area (Å²) in [4.78, 5) is 0. The van der Waals surface area contributed by atoms with Crippen molar-refractivity contribution < 1.29 is 8.22 Å². The molecule has 84 valence electrons. The SMILES string of the molecule is CC(C[SiH](F)F)c1cccc2ccccc12. The largest absolute Gasteiger partial charge is 0.412 e. The van der Waals surface area contributed by atoms with E-state index in [2.05, 4.69) is 0 Å². The van der Waals surface area contributed by atoms with Crippen molar-refractivity contribution in [1.29, 1.82) is 0 Å². The van der Waals surface area contributed by atoms with Crippen LogP contribution in [0.4, 0.5) is 8.22 Å². The summed E-state index contributed by atoms with van der Waals surface area (Å²) in [5.74, 6) is -0.0437. The smallest absolute Gasteiger partial charge is 0.275 e. The molecule has 3 heteroatoms. The Morgan fingerprint density at radius 3 is 2.50 bits per heavy atom. The number of rotatable bonds is 3. The monoisotopic (exact) mass is 236 g/mol. The molecular formula is C13H14F2Si. The van der Waals surface area contributed by atoms with Gasteiger partial charge in [0, 0.05) is 6.04 Å². The summed E-state index contributed by atoms with van der Waals surface area (Å²) < 4.78 is 25.0. The van der Waals surface area contributed by atoms with Gasteiger partial charge in [0.05, 0.1) is 0 Å². The van der Waals surface area contributed by atoms with Crippen LogP contribution in [0.2, 0.25) is 6.04 Å². The number of hydrogen-bond donors (Lipinski definition) is 0. The van der Waals surface area contributed by atoms with Crippen molar-refractivity contribution in [1.82, 2.24) is 0 Å². The van der Waals surface area contributed by atoms with Crippen molar-refractivity contribution in [2.75, 3.05) is 0 Å². The van der Waals surface area contributed by atoms with E-state index in [-0.39, 0.29) is 12.0 Å². The summed E-state index contributed by atoms with van der Waals surface area (Å²) in [5, 5.41) is 2.23. The van der Waals surface area contributed by atoms with Gasteiger partial charge in [-0.05, 0) is 22.3 Å². The van der Waals surface area contributed by atoms with Gasteiger partial charge in [0.1, 0.15) is 0 Å². The van der Waals surface area contributed by atoms with E-state index in [0.717, 1.165) is 16.3 Å². The molecule has 1 unspecified atom stereocenters. The minimum Gasteiger partial charge on any atom is -0.275 e. The van der Waals surface area contributed by atoms with Crippen LogP contribution >= 0.6 is 0 Å². The van der Waals surface area contributed by atoms with Crippen molar-refractivity contribution in [3.8, 4) is 0 Å². The molecule has 0 aliphatic carbocycles. The Bertz CT molecular complexity index is 477. The maximum absolute atomic E-state index is 12.5. The normalized spacial score (nSPS) is 13.2. The van der Waals surface area contributed by atoms with E-state index < -0.39 is 9.46 Å². The fourth-order valence-corrected chi connectivity index (χ4v) is 2.86. The quantitative estimate of drug-likeness (QED) is 0.556. The molecule has 0 spiro atoms. The number of benzene rings is 2. The molecule has 0 saturated carbocycles. The minimum absolute atomic E-state index is 0.0437. The van der Waals surface area contributed by atoms with Crippen molar-refractivity contribution >= 4 is 20.2 Å². The first kappa shape index (κ1) is 11.3. The highest BCUT2D eigenvalue weighted by molar-refractivity contribution is 6.42. The lowest BCUT2D eigenvalue weighted by Crippen LogP contribution is -2.03. The van der Waals surface area contributed by atoms with Crippen molar-refractivity contribution in [3.05, 3.63) is 48.0 Å². The van der Waals surface area contributed by atoms with E-state index in [4.69, 9.17) is 0 Å². The van der Waals surface area contributed by atoms with E-state index in [1.165, 1.54) is 0 Å². The third kappa shape index (κ3) is 2.30. The highest BCUT2D eigenvalue weighted by Gasteiger charge is 2.16. The number of halogens is 2. The highest BCUT2D eigenvalue weighted by Crippen LogP contribution is 2.29. The molecule has 0 aromatic heterocycles. The molecular weight excluding hydrogens is 222 g/mol. The van der Waals surface area contributed by atoms with Gasteiger partial charge >= 0.3 is 9.46 Å². The summed E-state index contributed by atoms with van der Waals surface area (Å²) >= 11 is 0. The van der Waals surface area contributed by atoms with Crippen LogP contribution in [0.25, 0.3) is 10.8 Å². The summed E-state index contributed by atoms with van der Waals surface area (Å²) in [6.07, 6.45) is 0. The van der Waals surface area contributed by atoms with Gasteiger partial charge in [0.15, 0.2) is 0 Å². The molecule has 2 rings (SSSR count). The number of fused-ring (bicyclic) bond motifs is 1. The van der Waals surface area contributed by atoms with Crippen LogP contribution in [0.5, 0.6) is 0 Å². The lowest BCUT2D eigenvalue weighted by molar-refractivity contribution is 0.631. The van der Waals surface area contributed by atoms with Crippen LogP contribution in [-0.2, 0) is 0 Å². The highest BCUT2D eigenvalue weighted by atomic mass is 28.4. The molecule has 0 amide bonds. The van der Waals surface area contributed by atoms with Crippen molar-refractivity contribution in [2.45, 2.75) is 18.9 Å². The average Bonchev–Trinajstić information content (AvgIpc) is 2.27. The Kier molecular flexibility index (Phi) is 3.34. The maximum atomic E-state index is 12.5. The second-order valence-electron chi connectivity index (χ2n) is 4.10. The van der Waals surface area contributed by atoms with Gasteiger partial charge in [-0.25, -0.2) is 0 Å². The van der Waals surface area contributed by atoms with Gasteiger partial charge in [-0.2, -0.15) is 0 Å². The Balaban J connectivity index is 2.44. The van der Waals surface area contributed by atoms with Crippen LogP contribution < -0.4 is 0 Å². The Hall–Kier alpha value is -1.22. The molecule has 0 saturated heterocycles. The Labute approximate surface area is 95.9 Å². The zero-order chi connectivity index (χ0) is 11.5. The fraction of sp³-hybridized carbons (Fsp3) is 0.231. The van der Waals surface area contributed by atoms with Crippen LogP contribution in [0.15, 0.2) is 42.5 Å². The average molecular weight is 236 g/mol. The van der Waals surface area contributed by atoms with Crippen LogP contribution in [0, 0.1) is 0 Å². The molecule has 2 aromatic carbocycles. The molecule has 0 aliphatic rings. The second kappa shape index (κ2) is 4.74. The van der Waals surface area contributed by atoms with Crippen molar-refractivity contribution in [2.24, 2.45) is 0 Å². The predicted molar refractivity (Wildman–Crippen MR) is 66.5 cm³/mol. The Morgan fingerprint density at radius 2 is 1.75 bits per heavy atom. The summed E-state index contributed by atoms with van der Waals surface area (Å²) in [7, 11) is -3.48. The van der Waals surface area contributed by atoms with Gasteiger partial charge in [-0.3, -0.25) is 8.22 Å². The van der Waals surface area contributed by atoms with E-state index in [1.807, 2.05) is 49.4 Å².